The first-order valence-corrected chi connectivity index (χ1v) is 4.91. The molecule has 1 aromatic heterocycles. The molecule has 16 heavy (non-hydrogen) atoms. The van der Waals surface area contributed by atoms with E-state index in [-0.39, 0.29) is 0 Å². The molecule has 0 aliphatic heterocycles. The van der Waals surface area contributed by atoms with Crippen molar-refractivity contribution in [1.29, 1.82) is 0 Å². The number of hydrogen-bond acceptors (Lipinski definition) is 3. The molecule has 0 atom stereocenters. The summed E-state index contributed by atoms with van der Waals surface area (Å²) >= 11 is 0. The van der Waals surface area contributed by atoms with Crippen LogP contribution in [0, 0.1) is 0 Å². The third kappa shape index (κ3) is 2.36. The molecule has 2 rings (SSSR count). The number of anilines is 1. The van der Waals surface area contributed by atoms with E-state index in [9.17, 15) is 0 Å². The Morgan fingerprint density at radius 3 is 2.75 bits per heavy atom. The molecule has 4 heteroatoms. The summed E-state index contributed by atoms with van der Waals surface area (Å²) in [6.45, 7) is 3.71. The second-order valence-electron chi connectivity index (χ2n) is 3.15. The Balaban J connectivity index is 2.14. The first-order chi connectivity index (χ1) is 7.90. The van der Waals surface area contributed by atoms with E-state index < -0.39 is 0 Å². The number of benzene rings is 1. The minimum atomic E-state index is 0.723. The number of nitrogens with zero attached hydrogens (tertiary/aromatic N) is 2. The highest BCUT2D eigenvalue weighted by Gasteiger charge is 1.99. The predicted octanol–water partition coefficient (Wildman–Crippen LogP) is 2.41. The van der Waals surface area contributed by atoms with Crippen molar-refractivity contribution in [3.63, 3.8) is 0 Å². The maximum Gasteiger partial charge on any atom is 0.108 e. The Kier molecular flexibility index (Phi) is 3.13. The molecular formula is C12H12N4. The lowest BCUT2D eigenvalue weighted by molar-refractivity contribution is 1.08. The van der Waals surface area contributed by atoms with Gasteiger partial charge < -0.3 is 0 Å². The van der Waals surface area contributed by atoms with E-state index in [2.05, 4.69) is 27.3 Å². The standard InChI is InChI=1S/C12H12N4/c1-2-11(12-8-9-13-15-12)16-14-10-6-4-3-5-7-10/h2-9,14H,1H2,(H,13,15)/b16-11+. The van der Waals surface area contributed by atoms with Gasteiger partial charge in [-0.25, -0.2) is 0 Å². The molecule has 0 fully saturated rings. The van der Waals surface area contributed by atoms with Crippen LogP contribution in [0.15, 0.2) is 60.4 Å². The smallest absolute Gasteiger partial charge is 0.108 e. The molecule has 0 unspecified atom stereocenters. The summed E-state index contributed by atoms with van der Waals surface area (Å²) in [5, 5.41) is 10.9. The minimum Gasteiger partial charge on any atom is -0.278 e. The molecule has 1 heterocycles. The third-order valence-electron chi connectivity index (χ3n) is 2.05. The summed E-state index contributed by atoms with van der Waals surface area (Å²) in [6.07, 6.45) is 3.35. The average molecular weight is 212 g/mol. The van der Waals surface area contributed by atoms with Crippen LogP contribution in [0.5, 0.6) is 0 Å². The molecule has 0 saturated heterocycles. The van der Waals surface area contributed by atoms with Crippen LogP contribution in [0.25, 0.3) is 0 Å². The SMILES string of the molecule is C=C/C(=N\Nc1ccccc1)c1ccn[nH]1. The van der Waals surface area contributed by atoms with Gasteiger partial charge >= 0.3 is 0 Å². The molecule has 4 nitrogen and oxygen atoms in total. The molecule has 1 aromatic carbocycles. The second kappa shape index (κ2) is 4.93. The van der Waals surface area contributed by atoms with Gasteiger partial charge in [0.15, 0.2) is 0 Å². The Morgan fingerprint density at radius 1 is 1.31 bits per heavy atom. The number of hydrazone groups is 1. The number of hydrogen-bond donors (Lipinski definition) is 2. The maximum atomic E-state index is 4.23. The van der Waals surface area contributed by atoms with Crippen molar-refractivity contribution < 1.29 is 0 Å². The monoisotopic (exact) mass is 212 g/mol. The molecule has 0 amide bonds. The summed E-state index contributed by atoms with van der Waals surface area (Å²) in [5.41, 5.74) is 5.44. The van der Waals surface area contributed by atoms with Crippen LogP contribution in [-0.4, -0.2) is 15.9 Å². The van der Waals surface area contributed by atoms with Gasteiger partial charge in [-0.1, -0.05) is 24.8 Å². The minimum absolute atomic E-state index is 0.723. The second-order valence-corrected chi connectivity index (χ2v) is 3.15. The van der Waals surface area contributed by atoms with Gasteiger partial charge in [0.05, 0.1) is 11.4 Å². The lowest BCUT2D eigenvalue weighted by Gasteiger charge is -2.01. The van der Waals surface area contributed by atoms with Crippen molar-refractivity contribution in [3.8, 4) is 0 Å². The molecule has 2 aromatic rings. The molecular weight excluding hydrogens is 200 g/mol. The van der Waals surface area contributed by atoms with Gasteiger partial charge in [0, 0.05) is 6.20 Å². The summed E-state index contributed by atoms with van der Waals surface area (Å²) < 4.78 is 0. The lowest BCUT2D eigenvalue weighted by atomic mass is 10.3. The Labute approximate surface area is 93.7 Å². The van der Waals surface area contributed by atoms with Crippen LogP contribution in [-0.2, 0) is 0 Å². The van der Waals surface area contributed by atoms with Gasteiger partial charge in [-0.3, -0.25) is 10.5 Å². The van der Waals surface area contributed by atoms with Crippen molar-refractivity contribution in [2.75, 3.05) is 5.43 Å². The normalized spacial score (nSPS) is 11.1. The fraction of sp³-hybridized carbons (Fsp3) is 0. The van der Waals surface area contributed by atoms with E-state index >= 15 is 0 Å². The molecule has 0 saturated carbocycles. The highest BCUT2D eigenvalue weighted by atomic mass is 15.3. The van der Waals surface area contributed by atoms with Crippen LogP contribution in [0.2, 0.25) is 0 Å². The van der Waals surface area contributed by atoms with Gasteiger partial charge in [0.25, 0.3) is 0 Å². The van der Waals surface area contributed by atoms with E-state index in [0.717, 1.165) is 17.1 Å². The fourth-order valence-electron chi connectivity index (χ4n) is 1.25. The Hall–Kier alpha value is -2.36. The Morgan fingerprint density at radius 2 is 2.12 bits per heavy atom. The largest absolute Gasteiger partial charge is 0.278 e. The van der Waals surface area contributed by atoms with Crippen molar-refractivity contribution in [1.82, 2.24) is 10.2 Å². The molecule has 80 valence electrons. The third-order valence-corrected chi connectivity index (χ3v) is 2.05. The molecule has 0 radical (unpaired) electrons. The zero-order chi connectivity index (χ0) is 11.2. The van der Waals surface area contributed by atoms with Crippen LogP contribution < -0.4 is 5.43 Å². The molecule has 0 spiro atoms. The van der Waals surface area contributed by atoms with E-state index in [1.165, 1.54) is 0 Å². The number of aromatic amines is 1. The van der Waals surface area contributed by atoms with E-state index in [1.54, 1.807) is 12.3 Å². The number of para-hydroxylation sites is 1. The summed E-state index contributed by atoms with van der Waals surface area (Å²) in [7, 11) is 0. The maximum absolute atomic E-state index is 4.23. The fourth-order valence-corrected chi connectivity index (χ4v) is 1.25. The first-order valence-electron chi connectivity index (χ1n) is 4.91. The highest BCUT2D eigenvalue weighted by Crippen LogP contribution is 2.05. The number of H-pyrrole nitrogens is 1. The van der Waals surface area contributed by atoms with Crippen LogP contribution in [0.3, 0.4) is 0 Å². The van der Waals surface area contributed by atoms with Gasteiger partial charge in [-0.05, 0) is 24.3 Å². The summed E-state index contributed by atoms with van der Waals surface area (Å²) in [6, 6.07) is 11.6. The molecule has 0 bridgehead atoms. The van der Waals surface area contributed by atoms with Gasteiger partial charge in [-0.2, -0.15) is 10.2 Å². The van der Waals surface area contributed by atoms with E-state index in [0.29, 0.717) is 0 Å². The van der Waals surface area contributed by atoms with Crippen LogP contribution in [0.4, 0.5) is 5.69 Å². The average Bonchev–Trinajstić information content (AvgIpc) is 2.85. The summed E-state index contributed by atoms with van der Waals surface area (Å²) in [5.74, 6) is 0. The number of rotatable bonds is 4. The lowest BCUT2D eigenvalue weighted by Crippen LogP contribution is -2.01. The Bertz CT molecular complexity index is 471. The summed E-state index contributed by atoms with van der Waals surface area (Å²) in [4.78, 5) is 0. The van der Waals surface area contributed by atoms with Crippen LogP contribution >= 0.6 is 0 Å². The van der Waals surface area contributed by atoms with E-state index in [4.69, 9.17) is 0 Å². The van der Waals surface area contributed by atoms with Gasteiger partial charge in [-0.15, -0.1) is 0 Å². The van der Waals surface area contributed by atoms with Crippen LogP contribution in [0.1, 0.15) is 5.69 Å². The highest BCUT2D eigenvalue weighted by molar-refractivity contribution is 6.07. The van der Waals surface area contributed by atoms with Gasteiger partial charge in [0.2, 0.25) is 0 Å². The van der Waals surface area contributed by atoms with Gasteiger partial charge in [0.1, 0.15) is 5.71 Å². The van der Waals surface area contributed by atoms with E-state index in [1.807, 2.05) is 36.4 Å². The van der Waals surface area contributed by atoms with Crippen molar-refractivity contribution in [2.24, 2.45) is 5.10 Å². The molecule has 0 aliphatic rings. The quantitative estimate of drug-likeness (QED) is 0.604. The zero-order valence-corrected chi connectivity index (χ0v) is 8.72. The number of allylic oxidation sites excluding steroid dienone is 1. The number of aromatic nitrogens is 2. The first kappa shape index (κ1) is 10.2. The van der Waals surface area contributed by atoms with Crippen molar-refractivity contribution in [3.05, 3.63) is 60.9 Å². The van der Waals surface area contributed by atoms with Crippen molar-refractivity contribution in [2.45, 2.75) is 0 Å². The molecule has 2 N–H and O–H groups in total. The molecule has 0 aliphatic carbocycles. The zero-order valence-electron chi connectivity index (χ0n) is 8.72. The predicted molar refractivity (Wildman–Crippen MR) is 65.4 cm³/mol. The topological polar surface area (TPSA) is 53.1 Å². The van der Waals surface area contributed by atoms with Crippen molar-refractivity contribution >= 4 is 11.4 Å². The number of nitrogens with one attached hydrogen (secondary N) is 2.